The first-order valence-corrected chi connectivity index (χ1v) is 8.40. The highest BCUT2D eigenvalue weighted by Crippen LogP contribution is 2.20. The van der Waals surface area contributed by atoms with Gasteiger partial charge in [0.05, 0.1) is 29.2 Å². The van der Waals surface area contributed by atoms with Crippen molar-refractivity contribution in [2.45, 2.75) is 19.5 Å². The number of hydrogen-bond donors (Lipinski definition) is 2. The minimum absolute atomic E-state index is 0.134. The number of likely N-dealkylation sites (N-methyl/N-ethyl adjacent to an activating group) is 1. The Balaban J connectivity index is 1.74. The monoisotopic (exact) mass is 390 g/mol. The van der Waals surface area contributed by atoms with E-state index in [9.17, 15) is 22.8 Å². The quantitative estimate of drug-likeness (QED) is 0.657. The first-order chi connectivity index (χ1) is 13.3. The molecule has 3 rings (SSSR count). The van der Waals surface area contributed by atoms with E-state index in [-0.39, 0.29) is 12.1 Å². The zero-order chi connectivity index (χ0) is 20.4. The molecular weight excluding hydrogens is 373 g/mol. The van der Waals surface area contributed by atoms with Gasteiger partial charge in [-0.2, -0.15) is 0 Å². The number of rotatable bonds is 5. The molecule has 0 aliphatic heterocycles. The highest BCUT2D eigenvalue weighted by atomic mass is 19.2. The minimum atomic E-state index is -1.66. The lowest BCUT2D eigenvalue weighted by Crippen LogP contribution is -2.40. The summed E-state index contributed by atoms with van der Waals surface area (Å²) >= 11 is 0. The van der Waals surface area contributed by atoms with Crippen molar-refractivity contribution in [3.63, 3.8) is 0 Å². The van der Waals surface area contributed by atoms with Crippen molar-refractivity contribution in [1.82, 2.24) is 14.9 Å². The lowest BCUT2D eigenvalue weighted by molar-refractivity contribution is -0.120. The molecule has 1 unspecified atom stereocenters. The largest absolute Gasteiger partial charge is 0.322 e. The Morgan fingerprint density at radius 3 is 2.64 bits per heavy atom. The van der Waals surface area contributed by atoms with Gasteiger partial charge >= 0.3 is 0 Å². The number of anilines is 1. The summed E-state index contributed by atoms with van der Waals surface area (Å²) < 4.78 is 40.0. The summed E-state index contributed by atoms with van der Waals surface area (Å²) in [5, 5.41) is 2.68. The van der Waals surface area contributed by atoms with Crippen LogP contribution in [0.25, 0.3) is 10.9 Å². The van der Waals surface area contributed by atoms with E-state index < -0.39 is 35.1 Å². The van der Waals surface area contributed by atoms with E-state index in [1.165, 1.54) is 0 Å². The van der Waals surface area contributed by atoms with Gasteiger partial charge in [0.2, 0.25) is 5.91 Å². The molecule has 3 aromatic rings. The molecule has 1 amide bonds. The normalized spacial score (nSPS) is 12.4. The molecule has 1 atom stereocenters. The summed E-state index contributed by atoms with van der Waals surface area (Å²) in [5.74, 6) is -4.74. The number of aromatic nitrogens is 2. The topological polar surface area (TPSA) is 78.1 Å². The molecule has 2 N–H and O–H groups in total. The van der Waals surface area contributed by atoms with Crippen LogP contribution in [0.1, 0.15) is 12.7 Å². The Morgan fingerprint density at radius 2 is 1.89 bits per heavy atom. The van der Waals surface area contributed by atoms with E-state index in [4.69, 9.17) is 0 Å². The number of carbonyl (C=O) groups excluding carboxylic acids is 1. The van der Waals surface area contributed by atoms with Gasteiger partial charge in [0.25, 0.3) is 5.56 Å². The van der Waals surface area contributed by atoms with Crippen LogP contribution in [0.4, 0.5) is 18.9 Å². The third-order valence-corrected chi connectivity index (χ3v) is 4.39. The van der Waals surface area contributed by atoms with Crippen LogP contribution in [0.15, 0.2) is 41.2 Å². The summed E-state index contributed by atoms with van der Waals surface area (Å²) in [7, 11) is 1.61. The van der Waals surface area contributed by atoms with Gasteiger partial charge < -0.3 is 10.3 Å². The third kappa shape index (κ3) is 3.89. The zero-order valence-corrected chi connectivity index (χ0v) is 15.1. The van der Waals surface area contributed by atoms with Crippen LogP contribution in [-0.4, -0.2) is 33.9 Å². The maximum absolute atomic E-state index is 13.7. The molecule has 0 fully saturated rings. The number of carbonyl (C=O) groups is 1. The van der Waals surface area contributed by atoms with Crippen LogP contribution in [0.2, 0.25) is 0 Å². The Hall–Kier alpha value is -3.20. The second-order valence-corrected chi connectivity index (χ2v) is 6.33. The standard InChI is InChI=1S/C19H17F3N4O2/c1-10(18(27)24-14-8-7-12(20)16(21)17(14)22)26(2)9-15-23-13-6-4-3-5-11(13)19(28)25-15/h3-8,10H,9H2,1-2H3,(H,24,27)(H,23,25,28). The van der Waals surface area contributed by atoms with Crippen molar-refractivity contribution in [3.05, 3.63) is 70.0 Å². The van der Waals surface area contributed by atoms with Crippen LogP contribution in [0, 0.1) is 17.5 Å². The second kappa shape index (κ2) is 7.81. The molecule has 9 heteroatoms. The predicted octanol–water partition coefficient (Wildman–Crippen LogP) is 2.80. The van der Waals surface area contributed by atoms with Gasteiger partial charge in [0.1, 0.15) is 5.82 Å². The smallest absolute Gasteiger partial charge is 0.258 e. The molecule has 0 radical (unpaired) electrons. The van der Waals surface area contributed by atoms with Crippen molar-refractivity contribution < 1.29 is 18.0 Å². The number of para-hydroxylation sites is 1. The number of fused-ring (bicyclic) bond motifs is 1. The molecule has 6 nitrogen and oxygen atoms in total. The van der Waals surface area contributed by atoms with Crippen molar-refractivity contribution in [2.75, 3.05) is 12.4 Å². The number of amides is 1. The molecule has 0 saturated heterocycles. The van der Waals surface area contributed by atoms with Gasteiger partial charge in [-0.25, -0.2) is 18.2 Å². The van der Waals surface area contributed by atoms with Crippen LogP contribution in [-0.2, 0) is 11.3 Å². The third-order valence-electron chi connectivity index (χ3n) is 4.39. The van der Waals surface area contributed by atoms with Crippen LogP contribution in [0.5, 0.6) is 0 Å². The van der Waals surface area contributed by atoms with Crippen LogP contribution < -0.4 is 10.9 Å². The fourth-order valence-corrected chi connectivity index (χ4v) is 2.64. The van der Waals surface area contributed by atoms with E-state index in [0.29, 0.717) is 16.7 Å². The Labute approximate surface area is 158 Å². The highest BCUT2D eigenvalue weighted by Gasteiger charge is 2.22. The van der Waals surface area contributed by atoms with Gasteiger partial charge in [0, 0.05) is 0 Å². The second-order valence-electron chi connectivity index (χ2n) is 6.33. The van der Waals surface area contributed by atoms with Crippen molar-refractivity contribution >= 4 is 22.5 Å². The Bertz CT molecular complexity index is 1100. The molecule has 0 aliphatic rings. The molecule has 146 valence electrons. The number of aromatic amines is 1. The lowest BCUT2D eigenvalue weighted by Gasteiger charge is -2.23. The molecule has 1 heterocycles. The van der Waals surface area contributed by atoms with Crippen LogP contribution >= 0.6 is 0 Å². The van der Waals surface area contributed by atoms with Gasteiger partial charge in [-0.15, -0.1) is 0 Å². The number of benzene rings is 2. The molecule has 0 spiro atoms. The number of hydrogen-bond acceptors (Lipinski definition) is 4. The average Bonchev–Trinajstić information content (AvgIpc) is 2.67. The van der Waals surface area contributed by atoms with E-state index >= 15 is 0 Å². The number of nitrogens with one attached hydrogen (secondary N) is 2. The summed E-state index contributed by atoms with van der Waals surface area (Å²) in [5.41, 5.74) is -0.230. The van der Waals surface area contributed by atoms with E-state index in [0.717, 1.165) is 12.1 Å². The zero-order valence-electron chi connectivity index (χ0n) is 15.1. The maximum atomic E-state index is 13.7. The fourth-order valence-electron chi connectivity index (χ4n) is 2.64. The summed E-state index contributed by atoms with van der Waals surface area (Å²) in [6.45, 7) is 1.68. The summed E-state index contributed by atoms with van der Waals surface area (Å²) in [6.07, 6.45) is 0. The fraction of sp³-hybridized carbons (Fsp3) is 0.211. The van der Waals surface area contributed by atoms with Crippen molar-refractivity contribution in [1.29, 1.82) is 0 Å². The van der Waals surface area contributed by atoms with Gasteiger partial charge in [-0.05, 0) is 38.2 Å². The highest BCUT2D eigenvalue weighted by molar-refractivity contribution is 5.94. The number of halogens is 3. The molecule has 0 bridgehead atoms. The van der Waals surface area contributed by atoms with Crippen molar-refractivity contribution in [2.24, 2.45) is 0 Å². The number of H-pyrrole nitrogens is 1. The minimum Gasteiger partial charge on any atom is -0.322 e. The molecular formula is C19H17F3N4O2. The first kappa shape index (κ1) is 19.6. The van der Waals surface area contributed by atoms with Crippen molar-refractivity contribution in [3.8, 4) is 0 Å². The molecule has 0 aliphatic carbocycles. The SMILES string of the molecule is CC(C(=O)Nc1ccc(F)c(F)c1F)N(C)Cc1nc2ccccc2c(=O)[nH]1. The van der Waals surface area contributed by atoms with Gasteiger partial charge in [-0.1, -0.05) is 12.1 Å². The number of nitrogens with zero attached hydrogens (tertiary/aromatic N) is 2. The lowest BCUT2D eigenvalue weighted by atomic mass is 10.2. The van der Waals surface area contributed by atoms with Gasteiger partial charge in [-0.3, -0.25) is 14.5 Å². The Morgan fingerprint density at radius 1 is 1.18 bits per heavy atom. The molecule has 28 heavy (non-hydrogen) atoms. The van der Waals surface area contributed by atoms with Gasteiger partial charge in [0.15, 0.2) is 17.5 Å². The maximum Gasteiger partial charge on any atom is 0.258 e. The Kier molecular flexibility index (Phi) is 5.46. The van der Waals surface area contributed by atoms with Crippen LogP contribution in [0.3, 0.4) is 0 Å². The first-order valence-electron chi connectivity index (χ1n) is 8.40. The van der Waals surface area contributed by atoms with E-state index in [1.54, 1.807) is 43.1 Å². The summed E-state index contributed by atoms with van der Waals surface area (Å²) in [4.78, 5) is 33.0. The average molecular weight is 390 g/mol. The van der Waals surface area contributed by atoms with E-state index in [2.05, 4.69) is 15.3 Å². The molecule has 1 aromatic heterocycles. The predicted molar refractivity (Wildman–Crippen MR) is 98.2 cm³/mol. The molecule has 2 aromatic carbocycles. The van der Waals surface area contributed by atoms with E-state index in [1.807, 2.05) is 0 Å². The molecule has 0 saturated carbocycles. The summed E-state index contributed by atoms with van der Waals surface area (Å²) in [6, 6.07) is 7.75.